The number of hydrogen-bond donors (Lipinski definition) is 0. The van der Waals surface area contributed by atoms with E-state index >= 15 is 0 Å². The lowest BCUT2D eigenvalue weighted by atomic mass is 10.1. The second kappa shape index (κ2) is 6.64. The van der Waals surface area contributed by atoms with Gasteiger partial charge in [0.05, 0.1) is 5.69 Å². The fraction of sp³-hybridized carbons (Fsp3) is 0.643. The molecule has 1 aliphatic heterocycles. The molecule has 2 rings (SSSR count). The molecule has 90 valence electrons. The van der Waals surface area contributed by atoms with Crippen molar-refractivity contribution in [3.05, 3.63) is 29.6 Å². The highest BCUT2D eigenvalue weighted by molar-refractivity contribution is 5.17. The zero-order chi connectivity index (χ0) is 12.0. The zero-order valence-electron chi connectivity index (χ0n) is 11.0. The standard InChI is InChI=1S/C12H18N2.C2H6/c1-10(2)11-4-5-12(13-8-11)9-14-6-3-7-14;1-2/h4-5,8,10H,3,6-7,9H2,1-2H3;1-2H3. The molecular formula is C14H24N2. The lowest BCUT2D eigenvalue weighted by molar-refractivity contribution is 0.170. The summed E-state index contributed by atoms with van der Waals surface area (Å²) in [5.74, 6) is 0.584. The van der Waals surface area contributed by atoms with Crippen LogP contribution in [-0.2, 0) is 6.54 Å². The quantitative estimate of drug-likeness (QED) is 0.775. The Labute approximate surface area is 99.7 Å². The fourth-order valence-electron chi connectivity index (χ4n) is 1.64. The first-order chi connectivity index (χ1) is 7.75. The molecule has 0 spiro atoms. The maximum atomic E-state index is 4.48. The van der Waals surface area contributed by atoms with Crippen LogP contribution >= 0.6 is 0 Å². The first-order valence-electron chi connectivity index (χ1n) is 6.43. The molecular weight excluding hydrogens is 196 g/mol. The highest BCUT2D eigenvalue weighted by Gasteiger charge is 2.14. The van der Waals surface area contributed by atoms with Gasteiger partial charge in [-0.3, -0.25) is 9.88 Å². The Kier molecular flexibility index (Phi) is 5.47. The van der Waals surface area contributed by atoms with Crippen molar-refractivity contribution in [1.82, 2.24) is 9.88 Å². The third kappa shape index (κ3) is 3.60. The SMILES string of the molecule is CC.CC(C)c1ccc(CN2CCC2)nc1. The van der Waals surface area contributed by atoms with Crippen molar-refractivity contribution in [3.63, 3.8) is 0 Å². The maximum Gasteiger partial charge on any atom is 0.0544 e. The lowest BCUT2D eigenvalue weighted by Gasteiger charge is -2.30. The monoisotopic (exact) mass is 220 g/mol. The molecule has 1 saturated heterocycles. The summed E-state index contributed by atoms with van der Waals surface area (Å²) >= 11 is 0. The molecule has 0 saturated carbocycles. The zero-order valence-corrected chi connectivity index (χ0v) is 11.0. The minimum Gasteiger partial charge on any atom is -0.297 e. The Morgan fingerprint density at radius 2 is 1.94 bits per heavy atom. The first-order valence-corrected chi connectivity index (χ1v) is 6.43. The number of aromatic nitrogens is 1. The van der Waals surface area contributed by atoms with Crippen molar-refractivity contribution >= 4 is 0 Å². The van der Waals surface area contributed by atoms with Crippen LogP contribution in [0.15, 0.2) is 18.3 Å². The highest BCUT2D eigenvalue weighted by atomic mass is 15.2. The van der Waals surface area contributed by atoms with Crippen LogP contribution in [0.4, 0.5) is 0 Å². The maximum absolute atomic E-state index is 4.48. The Morgan fingerprint density at radius 3 is 2.31 bits per heavy atom. The Hall–Kier alpha value is -0.890. The van der Waals surface area contributed by atoms with Crippen LogP contribution in [0.5, 0.6) is 0 Å². The number of likely N-dealkylation sites (tertiary alicyclic amines) is 1. The van der Waals surface area contributed by atoms with Crippen LogP contribution in [-0.4, -0.2) is 23.0 Å². The number of hydrogen-bond acceptors (Lipinski definition) is 2. The summed E-state index contributed by atoms with van der Waals surface area (Å²) in [6, 6.07) is 4.36. The van der Waals surface area contributed by atoms with Gasteiger partial charge in [-0.05, 0) is 37.1 Å². The molecule has 2 nitrogen and oxygen atoms in total. The van der Waals surface area contributed by atoms with Gasteiger partial charge in [0, 0.05) is 12.7 Å². The minimum atomic E-state index is 0.584. The molecule has 0 N–H and O–H groups in total. The van der Waals surface area contributed by atoms with E-state index in [4.69, 9.17) is 0 Å². The van der Waals surface area contributed by atoms with Gasteiger partial charge in [0.2, 0.25) is 0 Å². The van der Waals surface area contributed by atoms with E-state index in [2.05, 4.69) is 35.9 Å². The van der Waals surface area contributed by atoms with Crippen molar-refractivity contribution in [1.29, 1.82) is 0 Å². The molecule has 0 unspecified atom stereocenters. The summed E-state index contributed by atoms with van der Waals surface area (Å²) in [6.07, 6.45) is 3.36. The average Bonchev–Trinajstić information content (AvgIpc) is 2.27. The van der Waals surface area contributed by atoms with Gasteiger partial charge in [-0.2, -0.15) is 0 Å². The fourth-order valence-corrected chi connectivity index (χ4v) is 1.64. The molecule has 1 aromatic rings. The van der Waals surface area contributed by atoms with Crippen LogP contribution in [0.2, 0.25) is 0 Å². The van der Waals surface area contributed by atoms with Gasteiger partial charge in [0.25, 0.3) is 0 Å². The second-order valence-corrected chi connectivity index (χ2v) is 4.37. The van der Waals surface area contributed by atoms with Crippen LogP contribution in [0.3, 0.4) is 0 Å². The van der Waals surface area contributed by atoms with Gasteiger partial charge in [-0.1, -0.05) is 33.8 Å². The molecule has 1 aromatic heterocycles. The van der Waals surface area contributed by atoms with Crippen molar-refractivity contribution in [3.8, 4) is 0 Å². The van der Waals surface area contributed by atoms with Crippen LogP contribution in [0, 0.1) is 0 Å². The molecule has 0 amide bonds. The summed E-state index contributed by atoms with van der Waals surface area (Å²) < 4.78 is 0. The summed E-state index contributed by atoms with van der Waals surface area (Å²) in [6.45, 7) is 11.9. The molecule has 16 heavy (non-hydrogen) atoms. The average molecular weight is 220 g/mol. The summed E-state index contributed by atoms with van der Waals surface area (Å²) in [5, 5.41) is 0. The van der Waals surface area contributed by atoms with Crippen LogP contribution in [0.1, 0.15) is 51.3 Å². The molecule has 0 atom stereocenters. The third-order valence-corrected chi connectivity index (χ3v) is 2.85. The molecule has 0 bridgehead atoms. The first kappa shape index (κ1) is 13.2. The van der Waals surface area contributed by atoms with E-state index in [1.54, 1.807) is 0 Å². The molecule has 0 radical (unpaired) electrons. The van der Waals surface area contributed by atoms with Gasteiger partial charge in [-0.15, -0.1) is 0 Å². The largest absolute Gasteiger partial charge is 0.297 e. The lowest BCUT2D eigenvalue weighted by Crippen LogP contribution is -2.36. The normalized spacial score (nSPS) is 15.3. The van der Waals surface area contributed by atoms with E-state index in [1.165, 1.54) is 30.8 Å². The predicted octanol–water partition coefficient (Wildman–Crippen LogP) is 3.44. The van der Waals surface area contributed by atoms with Crippen molar-refractivity contribution < 1.29 is 0 Å². The number of pyridine rings is 1. The number of rotatable bonds is 3. The van der Waals surface area contributed by atoms with Crippen LogP contribution < -0.4 is 0 Å². The van der Waals surface area contributed by atoms with E-state index in [0.29, 0.717) is 5.92 Å². The number of nitrogens with zero attached hydrogens (tertiary/aromatic N) is 2. The molecule has 2 heterocycles. The van der Waals surface area contributed by atoms with Gasteiger partial charge in [0.1, 0.15) is 0 Å². The minimum absolute atomic E-state index is 0.584. The van der Waals surface area contributed by atoms with Gasteiger partial charge in [0.15, 0.2) is 0 Å². The summed E-state index contributed by atoms with van der Waals surface area (Å²) in [5.41, 5.74) is 2.53. The highest BCUT2D eigenvalue weighted by Crippen LogP contribution is 2.15. The molecule has 0 aliphatic carbocycles. The molecule has 2 heteroatoms. The molecule has 1 aliphatic rings. The van der Waals surface area contributed by atoms with Crippen molar-refractivity contribution in [2.45, 2.75) is 46.6 Å². The smallest absolute Gasteiger partial charge is 0.0544 e. The Morgan fingerprint density at radius 1 is 1.25 bits per heavy atom. The molecule has 0 aromatic carbocycles. The van der Waals surface area contributed by atoms with Crippen LogP contribution in [0.25, 0.3) is 0 Å². The Bertz CT molecular complexity index is 286. The summed E-state index contributed by atoms with van der Waals surface area (Å²) in [7, 11) is 0. The topological polar surface area (TPSA) is 16.1 Å². The van der Waals surface area contributed by atoms with E-state index in [1.807, 2.05) is 20.0 Å². The van der Waals surface area contributed by atoms with Gasteiger partial charge < -0.3 is 0 Å². The van der Waals surface area contributed by atoms with Crippen molar-refractivity contribution in [2.75, 3.05) is 13.1 Å². The van der Waals surface area contributed by atoms with E-state index in [9.17, 15) is 0 Å². The van der Waals surface area contributed by atoms with E-state index in [0.717, 1.165) is 6.54 Å². The van der Waals surface area contributed by atoms with E-state index < -0.39 is 0 Å². The molecule has 1 fully saturated rings. The predicted molar refractivity (Wildman–Crippen MR) is 69.6 cm³/mol. The van der Waals surface area contributed by atoms with Gasteiger partial charge >= 0.3 is 0 Å². The van der Waals surface area contributed by atoms with Gasteiger partial charge in [-0.25, -0.2) is 0 Å². The third-order valence-electron chi connectivity index (χ3n) is 2.85. The van der Waals surface area contributed by atoms with Crippen molar-refractivity contribution in [2.24, 2.45) is 0 Å². The Balaban J connectivity index is 0.000000606. The summed E-state index contributed by atoms with van der Waals surface area (Å²) in [4.78, 5) is 6.91. The van der Waals surface area contributed by atoms with E-state index in [-0.39, 0.29) is 0 Å². The second-order valence-electron chi connectivity index (χ2n) is 4.37.